The van der Waals surface area contributed by atoms with Crippen molar-refractivity contribution < 1.29 is 13.5 Å². The summed E-state index contributed by atoms with van der Waals surface area (Å²) in [5, 5.41) is 3.15. The number of benzene rings is 1. The third-order valence-electron chi connectivity index (χ3n) is 2.58. The minimum absolute atomic E-state index is 0.159. The topological polar surface area (TPSA) is 21.3 Å². The highest BCUT2D eigenvalue weighted by Crippen LogP contribution is 2.17. The summed E-state index contributed by atoms with van der Waals surface area (Å²) in [6.45, 7) is 7.98. The summed E-state index contributed by atoms with van der Waals surface area (Å²) >= 11 is 0. The van der Waals surface area contributed by atoms with Crippen LogP contribution in [0.15, 0.2) is 18.2 Å². The number of ether oxygens (including phenoxy) is 1. The van der Waals surface area contributed by atoms with Crippen molar-refractivity contribution in [1.82, 2.24) is 5.32 Å². The SMILES string of the molecule is CC(C)COCCNC(C)c1ccc(F)cc1F. The Morgan fingerprint density at radius 3 is 2.56 bits per heavy atom. The largest absolute Gasteiger partial charge is 0.380 e. The van der Waals surface area contributed by atoms with E-state index >= 15 is 0 Å². The van der Waals surface area contributed by atoms with Crippen LogP contribution in [-0.2, 0) is 4.74 Å². The highest BCUT2D eigenvalue weighted by atomic mass is 19.1. The second-order valence-corrected chi connectivity index (χ2v) is 4.81. The maximum atomic E-state index is 13.5. The van der Waals surface area contributed by atoms with E-state index in [0.717, 1.165) is 12.7 Å². The lowest BCUT2D eigenvalue weighted by Gasteiger charge is -2.15. The van der Waals surface area contributed by atoms with E-state index in [9.17, 15) is 8.78 Å². The molecule has 4 heteroatoms. The third kappa shape index (κ3) is 5.10. The molecule has 18 heavy (non-hydrogen) atoms. The molecule has 102 valence electrons. The lowest BCUT2D eigenvalue weighted by Crippen LogP contribution is -2.24. The van der Waals surface area contributed by atoms with Crippen molar-refractivity contribution in [2.45, 2.75) is 26.8 Å². The van der Waals surface area contributed by atoms with Gasteiger partial charge in [0.15, 0.2) is 0 Å². The van der Waals surface area contributed by atoms with E-state index < -0.39 is 11.6 Å². The first-order valence-corrected chi connectivity index (χ1v) is 6.26. The van der Waals surface area contributed by atoms with Gasteiger partial charge in [-0.1, -0.05) is 19.9 Å². The van der Waals surface area contributed by atoms with E-state index in [4.69, 9.17) is 4.74 Å². The fourth-order valence-corrected chi connectivity index (χ4v) is 1.63. The second kappa shape index (κ2) is 7.44. The minimum atomic E-state index is -0.552. The van der Waals surface area contributed by atoms with Gasteiger partial charge in [-0.25, -0.2) is 8.78 Å². The Balaban J connectivity index is 2.34. The smallest absolute Gasteiger partial charge is 0.130 e. The van der Waals surface area contributed by atoms with Crippen LogP contribution in [0, 0.1) is 17.6 Å². The summed E-state index contributed by atoms with van der Waals surface area (Å²) in [4.78, 5) is 0. The van der Waals surface area contributed by atoms with E-state index in [1.54, 1.807) is 0 Å². The number of rotatable bonds is 7. The van der Waals surface area contributed by atoms with Gasteiger partial charge in [-0.05, 0) is 18.9 Å². The van der Waals surface area contributed by atoms with Crippen molar-refractivity contribution in [3.63, 3.8) is 0 Å². The van der Waals surface area contributed by atoms with Crippen LogP contribution in [0.3, 0.4) is 0 Å². The summed E-state index contributed by atoms with van der Waals surface area (Å²) in [5.41, 5.74) is 0.472. The summed E-state index contributed by atoms with van der Waals surface area (Å²) in [5.74, 6) is -0.557. The molecule has 0 spiro atoms. The number of hydrogen-bond donors (Lipinski definition) is 1. The molecule has 1 aromatic carbocycles. The van der Waals surface area contributed by atoms with Crippen molar-refractivity contribution in [3.05, 3.63) is 35.4 Å². The van der Waals surface area contributed by atoms with E-state index in [-0.39, 0.29) is 6.04 Å². The Morgan fingerprint density at radius 2 is 1.94 bits per heavy atom. The van der Waals surface area contributed by atoms with Gasteiger partial charge in [-0.3, -0.25) is 0 Å². The molecule has 0 aromatic heterocycles. The molecule has 0 aliphatic carbocycles. The zero-order valence-electron chi connectivity index (χ0n) is 11.2. The summed E-state index contributed by atoms with van der Waals surface area (Å²) in [6, 6.07) is 3.49. The molecule has 1 rings (SSSR count). The van der Waals surface area contributed by atoms with Crippen LogP contribution in [0.25, 0.3) is 0 Å². The zero-order chi connectivity index (χ0) is 13.5. The quantitative estimate of drug-likeness (QED) is 0.757. The molecule has 0 aliphatic rings. The Morgan fingerprint density at radius 1 is 1.22 bits per heavy atom. The first kappa shape index (κ1) is 15.1. The highest BCUT2D eigenvalue weighted by molar-refractivity contribution is 5.21. The van der Waals surface area contributed by atoms with Gasteiger partial charge in [0.25, 0.3) is 0 Å². The maximum absolute atomic E-state index is 13.5. The molecule has 0 bridgehead atoms. The molecule has 0 aliphatic heterocycles. The lowest BCUT2D eigenvalue weighted by atomic mass is 10.1. The van der Waals surface area contributed by atoms with Crippen molar-refractivity contribution in [2.24, 2.45) is 5.92 Å². The van der Waals surface area contributed by atoms with Crippen molar-refractivity contribution in [2.75, 3.05) is 19.8 Å². The average molecular weight is 257 g/mol. The Hall–Kier alpha value is -1.00. The van der Waals surface area contributed by atoms with Gasteiger partial charge in [0.2, 0.25) is 0 Å². The summed E-state index contributed by atoms with van der Waals surface area (Å²) in [6.07, 6.45) is 0. The van der Waals surface area contributed by atoms with Crippen molar-refractivity contribution in [3.8, 4) is 0 Å². The average Bonchev–Trinajstić information content (AvgIpc) is 2.27. The van der Waals surface area contributed by atoms with Crippen LogP contribution >= 0.6 is 0 Å². The number of hydrogen-bond acceptors (Lipinski definition) is 2. The van der Waals surface area contributed by atoms with E-state index in [1.807, 2.05) is 6.92 Å². The van der Waals surface area contributed by atoms with Crippen LogP contribution in [0.2, 0.25) is 0 Å². The molecule has 0 fully saturated rings. The second-order valence-electron chi connectivity index (χ2n) is 4.81. The number of halogens is 2. The molecule has 1 N–H and O–H groups in total. The lowest BCUT2D eigenvalue weighted by molar-refractivity contribution is 0.110. The molecule has 1 unspecified atom stereocenters. The molecule has 0 heterocycles. The normalized spacial score (nSPS) is 13.0. The Kier molecular flexibility index (Phi) is 6.22. The predicted molar refractivity (Wildman–Crippen MR) is 68.4 cm³/mol. The predicted octanol–water partition coefficient (Wildman–Crippen LogP) is 3.29. The van der Waals surface area contributed by atoms with Gasteiger partial charge < -0.3 is 10.1 Å². The molecule has 0 saturated carbocycles. The Bertz CT molecular complexity index is 369. The van der Waals surface area contributed by atoms with E-state index in [0.29, 0.717) is 24.6 Å². The van der Waals surface area contributed by atoms with Gasteiger partial charge in [-0.2, -0.15) is 0 Å². The molecule has 0 radical (unpaired) electrons. The van der Waals surface area contributed by atoms with Crippen LogP contribution in [0.5, 0.6) is 0 Å². The monoisotopic (exact) mass is 257 g/mol. The first-order valence-electron chi connectivity index (χ1n) is 6.26. The molecule has 0 amide bonds. The standard InChI is InChI=1S/C14H21F2NO/c1-10(2)9-18-7-6-17-11(3)13-5-4-12(15)8-14(13)16/h4-5,8,10-11,17H,6-7,9H2,1-3H3. The van der Waals surface area contributed by atoms with Gasteiger partial charge >= 0.3 is 0 Å². The van der Waals surface area contributed by atoms with Crippen molar-refractivity contribution in [1.29, 1.82) is 0 Å². The molecular weight excluding hydrogens is 236 g/mol. The molecular formula is C14H21F2NO. The van der Waals surface area contributed by atoms with Gasteiger partial charge in [0.05, 0.1) is 6.61 Å². The van der Waals surface area contributed by atoms with Crippen molar-refractivity contribution >= 4 is 0 Å². The fraction of sp³-hybridized carbons (Fsp3) is 0.571. The van der Waals surface area contributed by atoms with Gasteiger partial charge in [0.1, 0.15) is 11.6 Å². The summed E-state index contributed by atoms with van der Waals surface area (Å²) < 4.78 is 31.6. The van der Waals surface area contributed by atoms with E-state index in [2.05, 4.69) is 19.2 Å². The van der Waals surface area contributed by atoms with Crippen LogP contribution < -0.4 is 5.32 Å². The molecule has 0 saturated heterocycles. The van der Waals surface area contributed by atoms with Gasteiger partial charge in [-0.15, -0.1) is 0 Å². The van der Waals surface area contributed by atoms with Crippen LogP contribution in [0.1, 0.15) is 32.4 Å². The van der Waals surface area contributed by atoms with Gasteiger partial charge in [0, 0.05) is 30.8 Å². The van der Waals surface area contributed by atoms with Crippen LogP contribution in [-0.4, -0.2) is 19.8 Å². The summed E-state index contributed by atoms with van der Waals surface area (Å²) in [7, 11) is 0. The minimum Gasteiger partial charge on any atom is -0.380 e. The van der Waals surface area contributed by atoms with Crippen LogP contribution in [0.4, 0.5) is 8.78 Å². The maximum Gasteiger partial charge on any atom is 0.130 e. The molecule has 1 aromatic rings. The molecule has 2 nitrogen and oxygen atoms in total. The number of nitrogens with one attached hydrogen (secondary N) is 1. The zero-order valence-corrected chi connectivity index (χ0v) is 11.2. The van der Waals surface area contributed by atoms with E-state index in [1.165, 1.54) is 12.1 Å². The molecule has 1 atom stereocenters. The third-order valence-corrected chi connectivity index (χ3v) is 2.58. The fourth-order valence-electron chi connectivity index (χ4n) is 1.63. The Labute approximate surface area is 107 Å². The first-order chi connectivity index (χ1) is 8.50. The highest BCUT2D eigenvalue weighted by Gasteiger charge is 2.10.